The van der Waals surface area contributed by atoms with Crippen LogP contribution in [0.5, 0.6) is 0 Å². The number of carbonyl (C=O) groups excluding carboxylic acids is 1. The van der Waals surface area contributed by atoms with E-state index in [-0.39, 0.29) is 5.91 Å². The van der Waals surface area contributed by atoms with Gasteiger partial charge in [0.2, 0.25) is 5.91 Å². The van der Waals surface area contributed by atoms with Gasteiger partial charge in [0.15, 0.2) is 5.79 Å². The summed E-state index contributed by atoms with van der Waals surface area (Å²) >= 11 is 0. The van der Waals surface area contributed by atoms with Crippen molar-refractivity contribution in [2.24, 2.45) is 0 Å². The molecule has 0 aliphatic carbocycles. The monoisotopic (exact) mass is 304 g/mol. The van der Waals surface area contributed by atoms with E-state index in [4.69, 9.17) is 9.47 Å². The van der Waals surface area contributed by atoms with Gasteiger partial charge in [-0.25, -0.2) is 0 Å². The van der Waals surface area contributed by atoms with Gasteiger partial charge >= 0.3 is 0 Å². The number of amides is 1. The third kappa shape index (κ3) is 3.10. The maximum Gasteiger partial charge on any atom is 0.241 e. The number of nitrogens with zero attached hydrogens (tertiary/aromatic N) is 1. The highest BCUT2D eigenvalue weighted by atomic mass is 16.7. The lowest BCUT2D eigenvalue weighted by Crippen LogP contribution is -2.48. The van der Waals surface area contributed by atoms with Gasteiger partial charge in [-0.2, -0.15) is 0 Å². The lowest BCUT2D eigenvalue weighted by molar-refractivity contribution is -0.187. The minimum Gasteiger partial charge on any atom is -0.376 e. The van der Waals surface area contributed by atoms with Crippen molar-refractivity contribution < 1.29 is 14.3 Å². The van der Waals surface area contributed by atoms with E-state index in [0.717, 1.165) is 18.5 Å². The Balaban J connectivity index is 1.51. The van der Waals surface area contributed by atoms with E-state index in [1.54, 1.807) is 0 Å². The summed E-state index contributed by atoms with van der Waals surface area (Å²) in [5, 5.41) is 3.26. The van der Waals surface area contributed by atoms with Gasteiger partial charge < -0.3 is 19.7 Å². The van der Waals surface area contributed by atoms with Gasteiger partial charge in [0.25, 0.3) is 0 Å². The van der Waals surface area contributed by atoms with E-state index in [9.17, 15) is 4.79 Å². The van der Waals surface area contributed by atoms with E-state index in [1.807, 2.05) is 17.0 Å². The molecule has 0 aromatic heterocycles. The molecule has 22 heavy (non-hydrogen) atoms. The number of ether oxygens (including phenoxy) is 2. The molecule has 0 atom stereocenters. The minimum absolute atomic E-state index is 0.133. The summed E-state index contributed by atoms with van der Waals surface area (Å²) in [4.78, 5) is 14.2. The van der Waals surface area contributed by atoms with Crippen LogP contribution in [0.25, 0.3) is 0 Å². The fourth-order valence-electron chi connectivity index (χ4n) is 3.11. The van der Waals surface area contributed by atoms with Crippen LogP contribution < -0.4 is 5.32 Å². The molecule has 0 radical (unpaired) electrons. The second-order valence-electron chi connectivity index (χ2n) is 6.09. The molecule has 1 amide bonds. The number of likely N-dealkylation sites (tertiary alicyclic amines) is 1. The summed E-state index contributed by atoms with van der Waals surface area (Å²) in [5.74, 6) is -0.286. The molecular formula is C17H24N2O3. The third-order valence-electron chi connectivity index (χ3n) is 4.73. The molecule has 0 saturated carbocycles. The summed E-state index contributed by atoms with van der Waals surface area (Å²) in [7, 11) is 0. The zero-order valence-corrected chi connectivity index (χ0v) is 13.4. The summed E-state index contributed by atoms with van der Waals surface area (Å²) in [6.45, 7) is 7.22. The first-order valence-electron chi connectivity index (χ1n) is 7.95. The second kappa shape index (κ2) is 6.26. The first-order chi connectivity index (χ1) is 10.6. The number of carbonyl (C=O) groups is 1. The lowest BCUT2D eigenvalue weighted by Gasteiger charge is -2.37. The average molecular weight is 304 g/mol. The largest absolute Gasteiger partial charge is 0.376 e. The molecule has 1 aromatic rings. The van der Waals surface area contributed by atoms with Crippen LogP contribution in [0.1, 0.15) is 24.0 Å². The highest BCUT2D eigenvalue weighted by molar-refractivity contribution is 5.81. The maximum atomic E-state index is 12.4. The fraction of sp³-hybridized carbons (Fsp3) is 0.588. The average Bonchev–Trinajstić information content (AvgIpc) is 2.97. The van der Waals surface area contributed by atoms with Gasteiger partial charge in [-0.05, 0) is 31.0 Å². The van der Waals surface area contributed by atoms with Crippen LogP contribution in [0.2, 0.25) is 0 Å². The molecule has 2 heterocycles. The molecule has 2 fully saturated rings. The smallest absolute Gasteiger partial charge is 0.241 e. The Morgan fingerprint density at radius 1 is 1.23 bits per heavy atom. The highest BCUT2D eigenvalue weighted by Gasteiger charge is 2.40. The summed E-state index contributed by atoms with van der Waals surface area (Å²) < 4.78 is 11.4. The number of anilines is 1. The standard InChI is InChI=1S/C17H24N2O3/c1-13-4-3-5-15(14(13)2)18-12-16(20)19-8-6-17(7-9-19)21-10-11-22-17/h3-5,18H,6-12H2,1-2H3. The van der Waals surface area contributed by atoms with Crippen molar-refractivity contribution in [2.45, 2.75) is 32.5 Å². The van der Waals surface area contributed by atoms with Crippen LogP contribution in [0.4, 0.5) is 5.69 Å². The van der Waals surface area contributed by atoms with Crippen molar-refractivity contribution >= 4 is 11.6 Å². The Hall–Kier alpha value is -1.59. The van der Waals surface area contributed by atoms with Crippen LogP contribution in [0, 0.1) is 13.8 Å². The van der Waals surface area contributed by atoms with Crippen LogP contribution in [0.15, 0.2) is 18.2 Å². The number of nitrogens with one attached hydrogen (secondary N) is 1. The first kappa shape index (κ1) is 15.3. The first-order valence-corrected chi connectivity index (χ1v) is 7.95. The van der Waals surface area contributed by atoms with Crippen molar-refractivity contribution in [1.29, 1.82) is 0 Å². The van der Waals surface area contributed by atoms with Crippen molar-refractivity contribution in [3.05, 3.63) is 29.3 Å². The third-order valence-corrected chi connectivity index (χ3v) is 4.73. The number of hydrogen-bond donors (Lipinski definition) is 1. The van der Waals surface area contributed by atoms with Gasteiger partial charge in [0.05, 0.1) is 19.8 Å². The van der Waals surface area contributed by atoms with Crippen LogP contribution >= 0.6 is 0 Å². The molecule has 1 N–H and O–H groups in total. The Morgan fingerprint density at radius 2 is 1.91 bits per heavy atom. The van der Waals surface area contributed by atoms with Gasteiger partial charge in [-0.15, -0.1) is 0 Å². The Kier molecular flexibility index (Phi) is 4.36. The quantitative estimate of drug-likeness (QED) is 0.929. The summed E-state index contributed by atoms with van der Waals surface area (Å²) in [6.07, 6.45) is 1.53. The number of piperidine rings is 1. The SMILES string of the molecule is Cc1cccc(NCC(=O)N2CCC3(CC2)OCCO3)c1C. The molecule has 2 aliphatic rings. The van der Waals surface area contributed by atoms with Crippen molar-refractivity contribution in [1.82, 2.24) is 4.90 Å². The molecule has 1 spiro atoms. The van der Waals surface area contributed by atoms with Crippen molar-refractivity contribution in [3.63, 3.8) is 0 Å². The van der Waals surface area contributed by atoms with Gasteiger partial charge in [0.1, 0.15) is 0 Å². The Bertz CT molecular complexity index is 543. The number of rotatable bonds is 3. The molecular weight excluding hydrogens is 280 g/mol. The number of aryl methyl sites for hydroxylation is 1. The molecule has 5 nitrogen and oxygen atoms in total. The van der Waals surface area contributed by atoms with E-state index in [1.165, 1.54) is 11.1 Å². The molecule has 3 rings (SSSR count). The zero-order valence-electron chi connectivity index (χ0n) is 13.4. The number of hydrogen-bond acceptors (Lipinski definition) is 4. The predicted octanol–water partition coefficient (Wildman–Crippen LogP) is 2.08. The highest BCUT2D eigenvalue weighted by Crippen LogP contribution is 2.31. The summed E-state index contributed by atoms with van der Waals surface area (Å²) in [6, 6.07) is 6.10. The minimum atomic E-state index is -0.419. The maximum absolute atomic E-state index is 12.4. The van der Waals surface area contributed by atoms with E-state index in [0.29, 0.717) is 32.8 Å². The second-order valence-corrected chi connectivity index (χ2v) is 6.09. The van der Waals surface area contributed by atoms with Gasteiger partial charge in [0, 0.05) is 31.6 Å². The van der Waals surface area contributed by atoms with Crippen molar-refractivity contribution in [3.8, 4) is 0 Å². The summed E-state index contributed by atoms with van der Waals surface area (Å²) in [5.41, 5.74) is 3.46. The van der Waals surface area contributed by atoms with E-state index >= 15 is 0 Å². The van der Waals surface area contributed by atoms with Gasteiger partial charge in [-0.3, -0.25) is 4.79 Å². The van der Waals surface area contributed by atoms with Crippen LogP contribution in [0.3, 0.4) is 0 Å². The van der Waals surface area contributed by atoms with E-state index < -0.39 is 5.79 Å². The predicted molar refractivity (Wildman–Crippen MR) is 84.9 cm³/mol. The molecule has 1 aromatic carbocycles. The molecule has 0 unspecified atom stereocenters. The molecule has 0 bridgehead atoms. The Labute approximate surface area is 131 Å². The fourth-order valence-corrected chi connectivity index (χ4v) is 3.11. The van der Waals surface area contributed by atoms with Crippen LogP contribution in [-0.4, -0.2) is 49.4 Å². The molecule has 2 aliphatic heterocycles. The topological polar surface area (TPSA) is 50.8 Å². The van der Waals surface area contributed by atoms with Crippen LogP contribution in [-0.2, 0) is 14.3 Å². The zero-order chi connectivity index (χ0) is 15.6. The number of benzene rings is 1. The Morgan fingerprint density at radius 3 is 2.59 bits per heavy atom. The lowest BCUT2D eigenvalue weighted by atomic mass is 10.0. The van der Waals surface area contributed by atoms with E-state index in [2.05, 4.69) is 25.2 Å². The van der Waals surface area contributed by atoms with Crippen molar-refractivity contribution in [2.75, 3.05) is 38.2 Å². The van der Waals surface area contributed by atoms with Gasteiger partial charge in [-0.1, -0.05) is 12.1 Å². The molecule has 120 valence electrons. The normalized spacial score (nSPS) is 20.4. The molecule has 5 heteroatoms. The molecule has 2 saturated heterocycles.